The zero-order chi connectivity index (χ0) is 13.5. The van der Waals surface area contributed by atoms with E-state index in [9.17, 15) is 4.79 Å². The summed E-state index contributed by atoms with van der Waals surface area (Å²) < 4.78 is 0. The lowest BCUT2D eigenvalue weighted by atomic mass is 9.98. The second kappa shape index (κ2) is 7.17. The molecule has 1 aromatic carbocycles. The minimum atomic E-state index is 0.0275. The standard InChI is InChI=1S/C15H24N2O/c1-5-9-16-10-14(18)17-15-12(4)7-6-8-13(15)11(2)3/h6-8,11,16H,5,9-10H2,1-4H3,(H,17,18). The molecule has 2 N–H and O–H groups in total. The number of aryl methyl sites for hydroxylation is 1. The Hall–Kier alpha value is -1.35. The van der Waals surface area contributed by atoms with Crippen LogP contribution in [-0.2, 0) is 4.79 Å². The largest absolute Gasteiger partial charge is 0.324 e. The summed E-state index contributed by atoms with van der Waals surface area (Å²) in [6.07, 6.45) is 1.04. The van der Waals surface area contributed by atoms with Gasteiger partial charge in [-0.2, -0.15) is 0 Å². The molecule has 0 atom stereocenters. The molecule has 0 heterocycles. The molecule has 0 saturated carbocycles. The van der Waals surface area contributed by atoms with Crippen LogP contribution >= 0.6 is 0 Å². The van der Waals surface area contributed by atoms with Crippen molar-refractivity contribution in [3.8, 4) is 0 Å². The molecule has 0 spiro atoms. The number of carbonyl (C=O) groups is 1. The molecule has 1 aromatic rings. The molecular weight excluding hydrogens is 224 g/mol. The zero-order valence-corrected chi connectivity index (χ0v) is 11.8. The van der Waals surface area contributed by atoms with Gasteiger partial charge >= 0.3 is 0 Å². The van der Waals surface area contributed by atoms with Gasteiger partial charge in [0.15, 0.2) is 0 Å². The van der Waals surface area contributed by atoms with Crippen molar-refractivity contribution >= 4 is 11.6 Å². The lowest BCUT2D eigenvalue weighted by Crippen LogP contribution is -2.29. The highest BCUT2D eigenvalue weighted by molar-refractivity contribution is 5.93. The third-order valence-corrected chi connectivity index (χ3v) is 2.90. The lowest BCUT2D eigenvalue weighted by Gasteiger charge is -2.16. The van der Waals surface area contributed by atoms with Crippen LogP contribution in [0.1, 0.15) is 44.2 Å². The first-order chi connectivity index (χ1) is 8.56. The first-order valence-corrected chi connectivity index (χ1v) is 6.66. The van der Waals surface area contributed by atoms with E-state index in [4.69, 9.17) is 0 Å². The molecule has 1 rings (SSSR count). The second-order valence-corrected chi connectivity index (χ2v) is 4.92. The van der Waals surface area contributed by atoms with E-state index >= 15 is 0 Å². The maximum atomic E-state index is 11.8. The van der Waals surface area contributed by atoms with Crippen molar-refractivity contribution in [2.24, 2.45) is 0 Å². The molecule has 0 bridgehead atoms. The van der Waals surface area contributed by atoms with Crippen molar-refractivity contribution in [3.05, 3.63) is 29.3 Å². The first kappa shape index (κ1) is 14.7. The average Bonchev–Trinajstić information content (AvgIpc) is 2.31. The van der Waals surface area contributed by atoms with Crippen LogP contribution in [0.2, 0.25) is 0 Å². The van der Waals surface area contributed by atoms with E-state index in [2.05, 4.69) is 37.5 Å². The molecular formula is C15H24N2O. The van der Waals surface area contributed by atoms with E-state index in [0.717, 1.165) is 24.2 Å². The number of amides is 1. The van der Waals surface area contributed by atoms with E-state index in [1.807, 2.05) is 19.1 Å². The maximum absolute atomic E-state index is 11.8. The number of benzene rings is 1. The summed E-state index contributed by atoms with van der Waals surface area (Å²) in [7, 11) is 0. The van der Waals surface area contributed by atoms with Gasteiger partial charge in [-0.15, -0.1) is 0 Å². The van der Waals surface area contributed by atoms with Gasteiger partial charge in [0.1, 0.15) is 0 Å². The number of hydrogen-bond acceptors (Lipinski definition) is 2. The predicted molar refractivity (Wildman–Crippen MR) is 77.1 cm³/mol. The Kier molecular flexibility index (Phi) is 5.86. The van der Waals surface area contributed by atoms with Gasteiger partial charge < -0.3 is 10.6 Å². The fraction of sp³-hybridized carbons (Fsp3) is 0.533. The van der Waals surface area contributed by atoms with Crippen LogP contribution in [0, 0.1) is 6.92 Å². The topological polar surface area (TPSA) is 41.1 Å². The molecule has 3 heteroatoms. The van der Waals surface area contributed by atoms with Crippen LogP contribution < -0.4 is 10.6 Å². The Morgan fingerprint density at radius 1 is 1.33 bits per heavy atom. The highest BCUT2D eigenvalue weighted by atomic mass is 16.1. The Labute approximate surface area is 110 Å². The van der Waals surface area contributed by atoms with Crippen LogP contribution in [0.3, 0.4) is 0 Å². The molecule has 0 aliphatic carbocycles. The zero-order valence-electron chi connectivity index (χ0n) is 11.8. The number of nitrogens with one attached hydrogen (secondary N) is 2. The normalized spacial score (nSPS) is 10.7. The summed E-state index contributed by atoms with van der Waals surface area (Å²) in [5.74, 6) is 0.434. The van der Waals surface area contributed by atoms with Crippen LogP contribution in [0.25, 0.3) is 0 Å². The number of hydrogen-bond donors (Lipinski definition) is 2. The van der Waals surface area contributed by atoms with E-state index < -0.39 is 0 Å². The molecule has 0 aromatic heterocycles. The van der Waals surface area contributed by atoms with Gasteiger partial charge in [0, 0.05) is 5.69 Å². The molecule has 0 radical (unpaired) electrons. The van der Waals surface area contributed by atoms with E-state index in [1.165, 1.54) is 5.56 Å². The third kappa shape index (κ3) is 4.15. The third-order valence-electron chi connectivity index (χ3n) is 2.90. The van der Waals surface area contributed by atoms with Crippen LogP contribution in [0.15, 0.2) is 18.2 Å². The van der Waals surface area contributed by atoms with Crippen LogP contribution in [-0.4, -0.2) is 19.0 Å². The minimum absolute atomic E-state index is 0.0275. The molecule has 0 aliphatic rings. The fourth-order valence-corrected chi connectivity index (χ4v) is 1.90. The molecule has 0 saturated heterocycles. The SMILES string of the molecule is CCCNCC(=O)Nc1c(C)cccc1C(C)C. The summed E-state index contributed by atoms with van der Waals surface area (Å²) in [5, 5.41) is 6.13. The van der Waals surface area contributed by atoms with Gasteiger partial charge in [-0.25, -0.2) is 0 Å². The van der Waals surface area contributed by atoms with Gasteiger partial charge in [-0.05, 0) is 36.9 Å². The molecule has 18 heavy (non-hydrogen) atoms. The molecule has 1 amide bonds. The summed E-state index contributed by atoms with van der Waals surface area (Å²) >= 11 is 0. The Morgan fingerprint density at radius 2 is 2.06 bits per heavy atom. The Bertz CT molecular complexity index is 399. The summed E-state index contributed by atoms with van der Waals surface area (Å²) in [6, 6.07) is 6.14. The van der Waals surface area contributed by atoms with Crippen molar-refractivity contribution in [1.29, 1.82) is 0 Å². The van der Waals surface area contributed by atoms with Gasteiger partial charge in [-0.3, -0.25) is 4.79 Å². The number of rotatable bonds is 6. The molecule has 0 unspecified atom stereocenters. The minimum Gasteiger partial charge on any atom is -0.324 e. The summed E-state index contributed by atoms with van der Waals surface area (Å²) in [6.45, 7) is 9.64. The van der Waals surface area contributed by atoms with Crippen molar-refractivity contribution in [3.63, 3.8) is 0 Å². The van der Waals surface area contributed by atoms with Gasteiger partial charge in [0.25, 0.3) is 0 Å². The van der Waals surface area contributed by atoms with Crippen LogP contribution in [0.5, 0.6) is 0 Å². The Morgan fingerprint density at radius 3 is 2.67 bits per heavy atom. The van der Waals surface area contributed by atoms with Gasteiger partial charge in [0.05, 0.1) is 6.54 Å². The average molecular weight is 248 g/mol. The quantitative estimate of drug-likeness (QED) is 0.760. The van der Waals surface area contributed by atoms with Crippen LogP contribution in [0.4, 0.5) is 5.69 Å². The number of carbonyl (C=O) groups excluding carboxylic acids is 1. The highest BCUT2D eigenvalue weighted by Gasteiger charge is 2.11. The highest BCUT2D eigenvalue weighted by Crippen LogP contribution is 2.27. The van der Waals surface area contributed by atoms with Crippen molar-refractivity contribution in [2.75, 3.05) is 18.4 Å². The van der Waals surface area contributed by atoms with E-state index in [1.54, 1.807) is 0 Å². The smallest absolute Gasteiger partial charge is 0.238 e. The van der Waals surface area contributed by atoms with Crippen molar-refractivity contribution in [2.45, 2.75) is 40.0 Å². The monoisotopic (exact) mass is 248 g/mol. The first-order valence-electron chi connectivity index (χ1n) is 6.66. The molecule has 100 valence electrons. The molecule has 3 nitrogen and oxygen atoms in total. The van der Waals surface area contributed by atoms with Crippen molar-refractivity contribution < 1.29 is 4.79 Å². The van der Waals surface area contributed by atoms with Gasteiger partial charge in [-0.1, -0.05) is 39.0 Å². The Balaban J connectivity index is 2.74. The lowest BCUT2D eigenvalue weighted by molar-refractivity contribution is -0.115. The van der Waals surface area contributed by atoms with Gasteiger partial charge in [0.2, 0.25) is 5.91 Å². The predicted octanol–water partition coefficient (Wildman–Crippen LogP) is 3.06. The summed E-state index contributed by atoms with van der Waals surface area (Å²) in [4.78, 5) is 11.8. The molecule has 0 fully saturated rings. The second-order valence-electron chi connectivity index (χ2n) is 4.92. The number of anilines is 1. The fourth-order valence-electron chi connectivity index (χ4n) is 1.90. The van der Waals surface area contributed by atoms with E-state index in [0.29, 0.717) is 12.5 Å². The molecule has 0 aliphatic heterocycles. The number of para-hydroxylation sites is 1. The van der Waals surface area contributed by atoms with Crippen molar-refractivity contribution in [1.82, 2.24) is 5.32 Å². The van der Waals surface area contributed by atoms with E-state index in [-0.39, 0.29) is 5.91 Å². The summed E-state index contributed by atoms with van der Waals surface area (Å²) in [5.41, 5.74) is 3.28. The maximum Gasteiger partial charge on any atom is 0.238 e.